The molecule has 1 aliphatic rings. The molecule has 4 N–H and O–H groups in total. The van der Waals surface area contributed by atoms with E-state index in [1.165, 1.54) is 6.42 Å². The summed E-state index contributed by atoms with van der Waals surface area (Å²) < 4.78 is 0. The summed E-state index contributed by atoms with van der Waals surface area (Å²) in [5, 5.41) is 12.9. The minimum atomic E-state index is -0.228. The van der Waals surface area contributed by atoms with Gasteiger partial charge in [0, 0.05) is 18.9 Å². The summed E-state index contributed by atoms with van der Waals surface area (Å²) in [6, 6.07) is 0. The van der Waals surface area contributed by atoms with E-state index in [1.807, 2.05) is 0 Å². The Balaban J connectivity index is 2.18. The molecule has 1 saturated carbocycles. The zero-order valence-corrected chi connectivity index (χ0v) is 12.9. The van der Waals surface area contributed by atoms with Crippen molar-refractivity contribution in [3.05, 3.63) is 0 Å². The summed E-state index contributed by atoms with van der Waals surface area (Å²) >= 11 is 0. The molecule has 0 heterocycles. The first kappa shape index (κ1) is 17.4. The number of nitrogens with two attached hydrogens (primary N) is 1. The second-order valence-corrected chi connectivity index (χ2v) is 6.19. The lowest BCUT2D eigenvalue weighted by Crippen LogP contribution is -2.36. The molecule has 0 radical (unpaired) electrons. The molecule has 3 atom stereocenters. The highest BCUT2D eigenvalue weighted by atomic mass is 16.3. The van der Waals surface area contributed by atoms with E-state index in [4.69, 9.17) is 5.73 Å². The highest BCUT2D eigenvalue weighted by Crippen LogP contribution is 2.23. The lowest BCUT2D eigenvalue weighted by atomic mass is 9.86. The Morgan fingerprint density at radius 1 is 1.30 bits per heavy atom. The topological polar surface area (TPSA) is 75.4 Å². The zero-order chi connectivity index (χ0) is 14.8. The molecule has 1 rings (SSSR count). The Hall–Kier alpha value is -0.610. The molecule has 3 unspecified atom stereocenters. The summed E-state index contributed by atoms with van der Waals surface area (Å²) in [5.74, 6) is 0.958. The maximum atomic E-state index is 11.9. The van der Waals surface area contributed by atoms with Crippen molar-refractivity contribution >= 4 is 5.91 Å². The Kier molecular flexibility index (Phi) is 8.86. The molecule has 1 aliphatic carbocycles. The minimum absolute atomic E-state index is 0.126. The molecular weight excluding hydrogens is 252 g/mol. The van der Waals surface area contributed by atoms with Gasteiger partial charge in [0.25, 0.3) is 0 Å². The van der Waals surface area contributed by atoms with E-state index >= 15 is 0 Å². The Morgan fingerprint density at radius 3 is 2.70 bits per heavy atom. The second-order valence-electron chi connectivity index (χ2n) is 6.19. The van der Waals surface area contributed by atoms with Gasteiger partial charge in [-0.2, -0.15) is 0 Å². The van der Waals surface area contributed by atoms with E-state index in [1.54, 1.807) is 0 Å². The van der Waals surface area contributed by atoms with Crippen LogP contribution in [0.25, 0.3) is 0 Å². The lowest BCUT2D eigenvalue weighted by Gasteiger charge is -2.27. The first-order valence-corrected chi connectivity index (χ1v) is 8.32. The maximum Gasteiger partial charge on any atom is 0.220 e. The van der Waals surface area contributed by atoms with Crippen LogP contribution in [0.2, 0.25) is 0 Å². The van der Waals surface area contributed by atoms with Crippen LogP contribution in [0.15, 0.2) is 0 Å². The van der Waals surface area contributed by atoms with Crippen LogP contribution >= 0.6 is 0 Å². The van der Waals surface area contributed by atoms with Crippen molar-refractivity contribution < 1.29 is 9.90 Å². The molecule has 4 nitrogen and oxygen atoms in total. The van der Waals surface area contributed by atoms with Gasteiger partial charge in [0.15, 0.2) is 0 Å². The average molecular weight is 284 g/mol. The Bertz CT molecular complexity index is 265. The molecule has 0 saturated heterocycles. The van der Waals surface area contributed by atoms with Crippen LogP contribution in [0.5, 0.6) is 0 Å². The van der Waals surface area contributed by atoms with Gasteiger partial charge < -0.3 is 16.2 Å². The van der Waals surface area contributed by atoms with Crippen LogP contribution in [0, 0.1) is 11.8 Å². The van der Waals surface area contributed by atoms with E-state index < -0.39 is 0 Å². The van der Waals surface area contributed by atoms with Crippen LogP contribution in [-0.2, 0) is 4.79 Å². The maximum absolute atomic E-state index is 11.9. The summed E-state index contributed by atoms with van der Waals surface area (Å²) in [4.78, 5) is 11.9. The van der Waals surface area contributed by atoms with Crippen LogP contribution in [0.1, 0.15) is 64.7 Å². The smallest absolute Gasteiger partial charge is 0.220 e. The van der Waals surface area contributed by atoms with E-state index in [0.717, 1.165) is 44.9 Å². The summed E-state index contributed by atoms with van der Waals surface area (Å²) in [7, 11) is 0. The number of amides is 1. The number of hydrogen-bond donors (Lipinski definition) is 3. The van der Waals surface area contributed by atoms with E-state index in [-0.39, 0.29) is 17.9 Å². The van der Waals surface area contributed by atoms with Crippen molar-refractivity contribution in [1.29, 1.82) is 0 Å². The molecule has 4 heteroatoms. The third kappa shape index (κ3) is 6.71. The molecule has 20 heavy (non-hydrogen) atoms. The molecular formula is C16H32N2O2. The number of carbonyl (C=O) groups excluding carboxylic acids is 1. The van der Waals surface area contributed by atoms with E-state index in [0.29, 0.717) is 25.4 Å². The van der Waals surface area contributed by atoms with Gasteiger partial charge in [-0.05, 0) is 38.1 Å². The SMILES string of the molecule is CCCC(CCN)CCC(=O)NCC1CCCCC1O. The molecule has 118 valence electrons. The first-order valence-electron chi connectivity index (χ1n) is 8.32. The van der Waals surface area contributed by atoms with Crippen molar-refractivity contribution in [2.45, 2.75) is 70.8 Å². The van der Waals surface area contributed by atoms with Crippen molar-refractivity contribution in [1.82, 2.24) is 5.32 Å². The quantitative estimate of drug-likeness (QED) is 0.607. The predicted molar refractivity (Wildman–Crippen MR) is 82.3 cm³/mol. The van der Waals surface area contributed by atoms with Gasteiger partial charge in [-0.3, -0.25) is 4.79 Å². The number of nitrogens with one attached hydrogen (secondary N) is 1. The number of aliphatic hydroxyl groups is 1. The van der Waals surface area contributed by atoms with Crippen LogP contribution in [0.4, 0.5) is 0 Å². The van der Waals surface area contributed by atoms with Gasteiger partial charge >= 0.3 is 0 Å². The van der Waals surface area contributed by atoms with Crippen LogP contribution < -0.4 is 11.1 Å². The van der Waals surface area contributed by atoms with Crippen LogP contribution in [-0.4, -0.2) is 30.2 Å². The van der Waals surface area contributed by atoms with Crippen molar-refractivity contribution in [3.8, 4) is 0 Å². The van der Waals surface area contributed by atoms with Gasteiger partial charge in [-0.25, -0.2) is 0 Å². The molecule has 0 aromatic rings. The molecule has 0 bridgehead atoms. The molecule has 0 spiro atoms. The monoisotopic (exact) mass is 284 g/mol. The molecule has 0 aliphatic heterocycles. The van der Waals surface area contributed by atoms with Gasteiger partial charge in [-0.1, -0.05) is 32.6 Å². The van der Waals surface area contributed by atoms with Crippen molar-refractivity contribution in [2.24, 2.45) is 17.6 Å². The van der Waals surface area contributed by atoms with E-state index in [2.05, 4.69) is 12.2 Å². The predicted octanol–water partition coefficient (Wildman–Crippen LogP) is 2.20. The Morgan fingerprint density at radius 2 is 2.05 bits per heavy atom. The Labute approximate surface area is 123 Å². The highest BCUT2D eigenvalue weighted by molar-refractivity contribution is 5.75. The standard InChI is InChI=1S/C16H32N2O2/c1-2-5-13(10-11-17)8-9-16(20)18-12-14-6-3-4-7-15(14)19/h13-15,19H,2-12,17H2,1H3,(H,18,20). The van der Waals surface area contributed by atoms with Crippen LogP contribution in [0.3, 0.4) is 0 Å². The third-order valence-electron chi connectivity index (χ3n) is 4.48. The fourth-order valence-corrected chi connectivity index (χ4v) is 3.17. The first-order chi connectivity index (χ1) is 9.67. The van der Waals surface area contributed by atoms with Crippen molar-refractivity contribution in [2.75, 3.05) is 13.1 Å². The largest absolute Gasteiger partial charge is 0.393 e. The molecule has 0 aromatic carbocycles. The van der Waals surface area contributed by atoms with Gasteiger partial charge in [0.05, 0.1) is 6.10 Å². The average Bonchev–Trinajstić information content (AvgIpc) is 2.44. The normalized spacial score (nSPS) is 24.4. The second kappa shape index (κ2) is 10.2. The number of hydrogen-bond acceptors (Lipinski definition) is 3. The van der Waals surface area contributed by atoms with Crippen molar-refractivity contribution in [3.63, 3.8) is 0 Å². The van der Waals surface area contributed by atoms with Gasteiger partial charge in [0.2, 0.25) is 5.91 Å². The summed E-state index contributed by atoms with van der Waals surface area (Å²) in [5.41, 5.74) is 5.61. The zero-order valence-electron chi connectivity index (χ0n) is 12.9. The molecule has 1 fully saturated rings. The highest BCUT2D eigenvalue weighted by Gasteiger charge is 2.23. The van der Waals surface area contributed by atoms with E-state index in [9.17, 15) is 9.90 Å². The lowest BCUT2D eigenvalue weighted by molar-refractivity contribution is -0.121. The fraction of sp³-hybridized carbons (Fsp3) is 0.938. The number of rotatable bonds is 9. The van der Waals surface area contributed by atoms with Gasteiger partial charge in [-0.15, -0.1) is 0 Å². The molecule has 0 aromatic heterocycles. The fourth-order valence-electron chi connectivity index (χ4n) is 3.17. The summed E-state index contributed by atoms with van der Waals surface area (Å²) in [6.45, 7) is 3.52. The number of carbonyl (C=O) groups is 1. The minimum Gasteiger partial charge on any atom is -0.393 e. The third-order valence-corrected chi connectivity index (χ3v) is 4.48. The summed E-state index contributed by atoms with van der Waals surface area (Å²) in [6.07, 6.45) is 8.83. The number of aliphatic hydroxyl groups excluding tert-OH is 1. The van der Waals surface area contributed by atoms with Gasteiger partial charge in [0.1, 0.15) is 0 Å². The molecule has 1 amide bonds.